The van der Waals surface area contributed by atoms with Gasteiger partial charge in [0.25, 0.3) is 10.2 Å². The van der Waals surface area contributed by atoms with Gasteiger partial charge in [-0.05, 0) is 11.8 Å². The summed E-state index contributed by atoms with van der Waals surface area (Å²) in [7, 11) is -3.58. The van der Waals surface area contributed by atoms with Crippen molar-refractivity contribution in [3.8, 4) is 0 Å². The molecule has 7 heteroatoms. The maximum atomic E-state index is 11.3. The topological polar surface area (TPSA) is 95.5 Å². The maximum Gasteiger partial charge on any atom is 0.307 e. The van der Waals surface area contributed by atoms with Gasteiger partial charge in [0.15, 0.2) is 0 Å². The summed E-state index contributed by atoms with van der Waals surface area (Å²) in [6.45, 7) is 7.59. The summed E-state index contributed by atoms with van der Waals surface area (Å²) in [4.78, 5) is 11.0. The molecule has 0 aromatic rings. The molecule has 0 aromatic carbocycles. The smallest absolute Gasteiger partial charge is 0.307 e. The minimum Gasteiger partial charge on any atom is -0.481 e. The largest absolute Gasteiger partial charge is 0.481 e. The first-order valence-electron chi connectivity index (χ1n) is 5.54. The Bertz CT molecular complexity index is 346. The van der Waals surface area contributed by atoms with E-state index >= 15 is 0 Å². The molecular formula is C10H22N2O4S. The summed E-state index contributed by atoms with van der Waals surface area (Å²) in [5, 5.41) is 9.01. The molecule has 0 radical (unpaired) electrons. The lowest BCUT2D eigenvalue weighted by atomic mass is 9.85. The first kappa shape index (κ1) is 16.3. The number of carboxylic acids is 1. The van der Waals surface area contributed by atoms with Gasteiger partial charge in [0.05, 0.1) is 5.92 Å². The average molecular weight is 266 g/mol. The number of rotatable bonds is 7. The molecule has 0 heterocycles. The Morgan fingerprint density at radius 1 is 1.29 bits per heavy atom. The highest BCUT2D eigenvalue weighted by Gasteiger charge is 2.25. The Kier molecular flexibility index (Phi) is 6.08. The SMILES string of the molecule is CCNS(=O)(=O)NCC(CC(C)(C)C)C(=O)O. The number of carboxylic acid groups (broad SMARTS) is 1. The van der Waals surface area contributed by atoms with E-state index in [0.29, 0.717) is 6.42 Å². The van der Waals surface area contributed by atoms with E-state index in [2.05, 4.69) is 9.44 Å². The first-order chi connectivity index (χ1) is 7.57. The number of carbonyl (C=O) groups is 1. The molecule has 1 atom stereocenters. The van der Waals surface area contributed by atoms with Gasteiger partial charge in [0, 0.05) is 13.1 Å². The van der Waals surface area contributed by atoms with Gasteiger partial charge in [0.1, 0.15) is 0 Å². The second-order valence-corrected chi connectivity index (χ2v) is 6.73. The zero-order valence-electron chi connectivity index (χ0n) is 10.8. The van der Waals surface area contributed by atoms with E-state index in [0.717, 1.165) is 0 Å². The highest BCUT2D eigenvalue weighted by Crippen LogP contribution is 2.24. The Hall–Kier alpha value is -0.660. The van der Waals surface area contributed by atoms with Crippen LogP contribution in [0.15, 0.2) is 0 Å². The molecule has 0 saturated carbocycles. The van der Waals surface area contributed by atoms with Gasteiger partial charge in [-0.3, -0.25) is 4.79 Å². The number of hydrogen-bond donors (Lipinski definition) is 3. The predicted octanol–water partition coefficient (Wildman–Crippen LogP) is 0.567. The Labute approximate surface area is 103 Å². The van der Waals surface area contributed by atoms with Gasteiger partial charge in [0.2, 0.25) is 0 Å². The Balaban J connectivity index is 4.44. The quantitative estimate of drug-likeness (QED) is 0.627. The highest BCUT2D eigenvalue weighted by molar-refractivity contribution is 7.87. The first-order valence-corrected chi connectivity index (χ1v) is 7.03. The van der Waals surface area contributed by atoms with Crippen LogP contribution in [-0.2, 0) is 15.0 Å². The van der Waals surface area contributed by atoms with Crippen molar-refractivity contribution in [2.24, 2.45) is 11.3 Å². The van der Waals surface area contributed by atoms with Crippen molar-refractivity contribution < 1.29 is 18.3 Å². The van der Waals surface area contributed by atoms with Gasteiger partial charge >= 0.3 is 5.97 Å². The van der Waals surface area contributed by atoms with Crippen LogP contribution in [0.2, 0.25) is 0 Å². The van der Waals surface area contributed by atoms with Crippen molar-refractivity contribution in [1.29, 1.82) is 0 Å². The van der Waals surface area contributed by atoms with E-state index in [1.54, 1.807) is 6.92 Å². The zero-order chi connectivity index (χ0) is 13.7. The predicted molar refractivity (Wildman–Crippen MR) is 65.8 cm³/mol. The average Bonchev–Trinajstić information content (AvgIpc) is 2.10. The van der Waals surface area contributed by atoms with Gasteiger partial charge in [-0.25, -0.2) is 9.44 Å². The van der Waals surface area contributed by atoms with E-state index < -0.39 is 22.1 Å². The fourth-order valence-corrected chi connectivity index (χ4v) is 2.34. The minimum atomic E-state index is -3.58. The summed E-state index contributed by atoms with van der Waals surface area (Å²) in [5.74, 6) is -1.71. The lowest BCUT2D eigenvalue weighted by molar-refractivity contribution is -0.142. The molecule has 0 aliphatic heterocycles. The van der Waals surface area contributed by atoms with Crippen molar-refractivity contribution in [2.45, 2.75) is 34.1 Å². The van der Waals surface area contributed by atoms with Gasteiger partial charge in [-0.2, -0.15) is 8.42 Å². The molecule has 0 rings (SSSR count). The third-order valence-corrected chi connectivity index (χ3v) is 3.28. The van der Waals surface area contributed by atoms with Crippen LogP contribution >= 0.6 is 0 Å². The van der Waals surface area contributed by atoms with E-state index in [-0.39, 0.29) is 18.5 Å². The summed E-state index contributed by atoms with van der Waals surface area (Å²) >= 11 is 0. The monoisotopic (exact) mass is 266 g/mol. The molecule has 3 N–H and O–H groups in total. The lowest BCUT2D eigenvalue weighted by Gasteiger charge is -2.23. The molecular weight excluding hydrogens is 244 g/mol. The molecule has 0 aliphatic rings. The molecule has 0 aromatic heterocycles. The van der Waals surface area contributed by atoms with E-state index in [9.17, 15) is 13.2 Å². The van der Waals surface area contributed by atoms with Crippen LogP contribution < -0.4 is 9.44 Å². The number of aliphatic carboxylic acids is 1. The van der Waals surface area contributed by atoms with Crippen LogP contribution in [0.4, 0.5) is 0 Å². The zero-order valence-corrected chi connectivity index (χ0v) is 11.6. The van der Waals surface area contributed by atoms with Crippen LogP contribution in [0.25, 0.3) is 0 Å². The molecule has 0 bridgehead atoms. The highest BCUT2D eigenvalue weighted by atomic mass is 32.2. The van der Waals surface area contributed by atoms with E-state index in [1.807, 2.05) is 20.8 Å². The van der Waals surface area contributed by atoms with Crippen LogP contribution in [0.5, 0.6) is 0 Å². The number of nitrogens with one attached hydrogen (secondary N) is 2. The third kappa shape index (κ3) is 8.12. The fraction of sp³-hybridized carbons (Fsp3) is 0.900. The van der Waals surface area contributed by atoms with E-state index in [4.69, 9.17) is 5.11 Å². The molecule has 0 saturated heterocycles. The van der Waals surface area contributed by atoms with Crippen molar-refractivity contribution in [3.63, 3.8) is 0 Å². The van der Waals surface area contributed by atoms with Crippen LogP contribution in [0.1, 0.15) is 34.1 Å². The standard InChI is InChI=1S/C10H22N2O4S/c1-5-11-17(15,16)12-7-8(9(13)14)6-10(2,3)4/h8,11-12H,5-7H2,1-4H3,(H,13,14). The fourth-order valence-electron chi connectivity index (χ4n) is 1.44. The van der Waals surface area contributed by atoms with E-state index in [1.165, 1.54) is 0 Å². The van der Waals surface area contributed by atoms with Gasteiger partial charge in [-0.15, -0.1) is 0 Å². The third-order valence-electron chi connectivity index (χ3n) is 2.06. The van der Waals surface area contributed by atoms with Crippen molar-refractivity contribution in [3.05, 3.63) is 0 Å². The second-order valence-electron chi connectivity index (χ2n) is 5.15. The maximum absolute atomic E-state index is 11.3. The second kappa shape index (κ2) is 6.32. The molecule has 0 fully saturated rings. The summed E-state index contributed by atoms with van der Waals surface area (Å²) < 4.78 is 27.1. The lowest BCUT2D eigenvalue weighted by Crippen LogP contribution is -2.41. The molecule has 0 aliphatic carbocycles. The molecule has 17 heavy (non-hydrogen) atoms. The molecule has 0 amide bonds. The summed E-state index contributed by atoms with van der Waals surface area (Å²) in [6, 6.07) is 0. The van der Waals surface area contributed by atoms with Gasteiger partial charge < -0.3 is 5.11 Å². The van der Waals surface area contributed by atoms with Crippen LogP contribution in [0.3, 0.4) is 0 Å². The van der Waals surface area contributed by atoms with Crippen molar-refractivity contribution in [2.75, 3.05) is 13.1 Å². The minimum absolute atomic E-state index is 0.0953. The van der Waals surface area contributed by atoms with Gasteiger partial charge in [-0.1, -0.05) is 27.7 Å². The molecule has 6 nitrogen and oxygen atoms in total. The van der Waals surface area contributed by atoms with Crippen molar-refractivity contribution >= 4 is 16.2 Å². The van der Waals surface area contributed by atoms with Crippen LogP contribution in [0, 0.1) is 11.3 Å². The Morgan fingerprint density at radius 2 is 1.82 bits per heavy atom. The summed E-state index contributed by atoms with van der Waals surface area (Å²) in [5.41, 5.74) is -0.160. The normalized spacial score (nSPS) is 14.6. The summed E-state index contributed by atoms with van der Waals surface area (Å²) in [6.07, 6.45) is 0.414. The molecule has 102 valence electrons. The van der Waals surface area contributed by atoms with Crippen LogP contribution in [-0.4, -0.2) is 32.6 Å². The molecule has 0 spiro atoms. The Morgan fingerprint density at radius 3 is 2.18 bits per heavy atom. The number of hydrogen-bond acceptors (Lipinski definition) is 3. The van der Waals surface area contributed by atoms with Crippen molar-refractivity contribution in [1.82, 2.24) is 9.44 Å². The molecule has 1 unspecified atom stereocenters.